The minimum atomic E-state index is -1.51. The molecule has 1 rings (SSSR count). The van der Waals surface area contributed by atoms with E-state index in [1.807, 2.05) is 0 Å². The van der Waals surface area contributed by atoms with Crippen molar-refractivity contribution in [3.8, 4) is 0 Å². The summed E-state index contributed by atoms with van der Waals surface area (Å²) in [5, 5.41) is 15.4. The first-order valence-electron chi connectivity index (χ1n) is 3.69. The van der Waals surface area contributed by atoms with E-state index < -0.39 is 16.4 Å². The number of nitrogens with two attached hydrogens (primary N) is 1. The van der Waals surface area contributed by atoms with Crippen LogP contribution >= 0.6 is 11.3 Å². The zero-order chi connectivity index (χ0) is 10.2. The molecular formula is C7H12N2O2S2. The number of rotatable bonds is 1. The molecule has 1 aromatic heterocycles. The van der Waals surface area contributed by atoms with Gasteiger partial charge in [-0.2, -0.15) is 0 Å². The number of aromatic nitrogens is 1. The fourth-order valence-electron chi connectivity index (χ4n) is 0.831. The Hall–Kier alpha value is -0.140. The number of aryl methyl sites for hydroxylation is 1. The molecule has 0 aliphatic rings. The van der Waals surface area contributed by atoms with Gasteiger partial charge in [-0.15, -0.1) is 0 Å². The Kier molecular flexibility index (Phi) is 2.98. The first kappa shape index (κ1) is 10.9. The summed E-state index contributed by atoms with van der Waals surface area (Å²) in [6, 6.07) is 0. The number of hydrogen-bond donors (Lipinski definition) is 2. The molecule has 0 radical (unpaired) electrons. The summed E-state index contributed by atoms with van der Waals surface area (Å²) < 4.78 is 11.5. The first-order valence-corrected chi connectivity index (χ1v) is 5.72. The van der Waals surface area contributed by atoms with Gasteiger partial charge in [0.1, 0.15) is 0 Å². The molecule has 0 aliphatic heterocycles. The normalized spacial score (nSPS) is 12.4. The van der Waals surface area contributed by atoms with E-state index in [2.05, 4.69) is 4.98 Å². The van der Waals surface area contributed by atoms with Crippen LogP contribution in [0.2, 0.25) is 0 Å². The fourth-order valence-corrected chi connectivity index (χ4v) is 2.53. The van der Waals surface area contributed by atoms with Gasteiger partial charge in [0.2, 0.25) is 0 Å². The van der Waals surface area contributed by atoms with E-state index in [0.717, 1.165) is 0 Å². The number of nitrogens with zero attached hydrogens (tertiary/aromatic N) is 1. The van der Waals surface area contributed by atoms with Crippen molar-refractivity contribution in [2.24, 2.45) is 5.14 Å². The summed E-state index contributed by atoms with van der Waals surface area (Å²) in [5.74, 6) is 0. The van der Waals surface area contributed by atoms with Crippen LogP contribution in [0.15, 0.2) is 4.21 Å². The van der Waals surface area contributed by atoms with Crippen molar-refractivity contribution in [2.75, 3.05) is 0 Å². The average molecular weight is 220 g/mol. The van der Waals surface area contributed by atoms with Gasteiger partial charge in [-0.1, -0.05) is 0 Å². The van der Waals surface area contributed by atoms with E-state index >= 15 is 0 Å². The Morgan fingerprint density at radius 3 is 2.38 bits per heavy atom. The standard InChI is InChI=1S/C7H12N2O2S2/c1-4-5(13(8)11)12-6(9-4)7(2,3)10/h10H,8H2,1-3H3. The molecule has 13 heavy (non-hydrogen) atoms. The van der Waals surface area contributed by atoms with Crippen molar-refractivity contribution in [1.29, 1.82) is 0 Å². The SMILES string of the molecule is Cc1nc(C(C)(C)O)sc1[S-](N)#[O+]. The number of aliphatic hydroxyl groups is 1. The molecule has 0 aliphatic carbocycles. The van der Waals surface area contributed by atoms with Crippen molar-refractivity contribution in [3.05, 3.63) is 10.7 Å². The third-order valence-corrected chi connectivity index (χ3v) is 4.13. The van der Waals surface area contributed by atoms with E-state index in [0.29, 0.717) is 14.9 Å². The van der Waals surface area contributed by atoms with Crippen molar-refractivity contribution < 1.29 is 9.15 Å². The minimum absolute atomic E-state index is 0.525. The molecule has 0 aromatic carbocycles. The molecule has 0 unspecified atom stereocenters. The Morgan fingerprint density at radius 1 is 1.62 bits per heavy atom. The van der Waals surface area contributed by atoms with Crippen molar-refractivity contribution >= 4 is 22.2 Å². The summed E-state index contributed by atoms with van der Waals surface area (Å²) >= 11 is 1.19. The molecule has 0 spiro atoms. The topological polar surface area (TPSA) is 79.0 Å². The van der Waals surface area contributed by atoms with Crippen LogP contribution < -0.4 is 5.14 Å². The fraction of sp³-hybridized carbons (Fsp3) is 0.571. The Balaban J connectivity index is 3.20. The molecule has 0 saturated carbocycles. The van der Waals surface area contributed by atoms with Gasteiger partial charge in [0.25, 0.3) is 0 Å². The first-order chi connectivity index (χ1) is 5.82. The molecule has 74 valence electrons. The third kappa shape index (κ3) is 2.41. The maximum atomic E-state index is 11.0. The predicted molar refractivity (Wildman–Crippen MR) is 52.6 cm³/mol. The van der Waals surface area contributed by atoms with Crippen molar-refractivity contribution in [2.45, 2.75) is 30.6 Å². The van der Waals surface area contributed by atoms with Crippen LogP contribution in [0.1, 0.15) is 24.5 Å². The molecule has 6 heteroatoms. The molecule has 4 nitrogen and oxygen atoms in total. The second kappa shape index (κ2) is 3.55. The molecule has 0 atom stereocenters. The van der Waals surface area contributed by atoms with Gasteiger partial charge in [-0.3, -0.25) is 0 Å². The zero-order valence-corrected chi connectivity index (χ0v) is 9.33. The maximum absolute atomic E-state index is 11.0. The molecule has 0 fully saturated rings. The van der Waals surface area contributed by atoms with Gasteiger partial charge in [-0.05, 0) is 0 Å². The summed E-state index contributed by atoms with van der Waals surface area (Å²) in [6.45, 7) is 4.99. The summed E-state index contributed by atoms with van der Waals surface area (Å²) in [7, 11) is -1.51. The van der Waals surface area contributed by atoms with Gasteiger partial charge in [0.05, 0.1) is 0 Å². The Bertz CT molecular complexity index is 383. The molecule has 1 heterocycles. The second-order valence-corrected chi connectivity index (χ2v) is 5.51. The Labute approximate surface area is 83.1 Å². The van der Waals surface area contributed by atoms with Gasteiger partial charge in [-0.25, -0.2) is 0 Å². The molecule has 3 N–H and O–H groups in total. The van der Waals surface area contributed by atoms with Crippen LogP contribution in [0.5, 0.6) is 0 Å². The van der Waals surface area contributed by atoms with Crippen LogP contribution in [0.25, 0.3) is 0 Å². The van der Waals surface area contributed by atoms with Crippen LogP contribution in [0.4, 0.5) is 0 Å². The van der Waals surface area contributed by atoms with Gasteiger partial charge in [0.15, 0.2) is 0 Å². The zero-order valence-electron chi connectivity index (χ0n) is 7.70. The van der Waals surface area contributed by atoms with Crippen LogP contribution in [0.3, 0.4) is 0 Å². The van der Waals surface area contributed by atoms with E-state index in [-0.39, 0.29) is 0 Å². The van der Waals surface area contributed by atoms with Crippen LogP contribution in [0, 0.1) is 6.92 Å². The monoisotopic (exact) mass is 220 g/mol. The van der Waals surface area contributed by atoms with Crippen molar-refractivity contribution in [1.82, 2.24) is 4.98 Å². The average Bonchev–Trinajstić information content (AvgIpc) is 2.29. The Morgan fingerprint density at radius 2 is 2.15 bits per heavy atom. The predicted octanol–water partition coefficient (Wildman–Crippen LogP) is 0.875. The summed E-state index contributed by atoms with van der Waals surface area (Å²) in [6.07, 6.45) is 0. The van der Waals surface area contributed by atoms with Gasteiger partial charge < -0.3 is 0 Å². The summed E-state index contributed by atoms with van der Waals surface area (Å²) in [4.78, 5) is 4.10. The molecular weight excluding hydrogens is 208 g/mol. The molecule has 0 amide bonds. The van der Waals surface area contributed by atoms with E-state index in [9.17, 15) is 9.15 Å². The van der Waals surface area contributed by atoms with Crippen LogP contribution in [-0.2, 0) is 20.5 Å². The molecule has 1 aromatic rings. The third-order valence-electron chi connectivity index (χ3n) is 1.46. The summed E-state index contributed by atoms with van der Waals surface area (Å²) in [5.41, 5.74) is -0.365. The van der Waals surface area contributed by atoms with E-state index in [1.54, 1.807) is 20.8 Å². The van der Waals surface area contributed by atoms with Gasteiger partial charge in [0, 0.05) is 0 Å². The van der Waals surface area contributed by atoms with Crippen LogP contribution in [-0.4, -0.2) is 10.1 Å². The van der Waals surface area contributed by atoms with E-state index in [4.69, 9.17) is 5.14 Å². The molecule has 0 bridgehead atoms. The van der Waals surface area contributed by atoms with E-state index in [1.165, 1.54) is 11.3 Å². The number of thiazole rings is 1. The van der Waals surface area contributed by atoms with Crippen molar-refractivity contribution in [3.63, 3.8) is 0 Å². The van der Waals surface area contributed by atoms with Gasteiger partial charge >= 0.3 is 82.7 Å². The second-order valence-electron chi connectivity index (χ2n) is 3.25. The number of hydrogen-bond acceptors (Lipinski definition) is 5. The molecule has 0 saturated heterocycles. The quantitative estimate of drug-likeness (QED) is 0.544.